The molecule has 26 heavy (non-hydrogen) atoms. The second-order valence-corrected chi connectivity index (χ2v) is 5.71. The molecular weight excluding hydrogens is 337 g/mol. The van der Waals surface area contributed by atoms with Crippen molar-refractivity contribution in [3.8, 4) is 6.07 Å². The number of hydrogen-bond acceptors (Lipinski definition) is 6. The third kappa shape index (κ3) is 3.37. The molecule has 1 aromatic heterocycles. The molecule has 1 amide bonds. The highest BCUT2D eigenvalue weighted by atomic mass is 19.1. The summed E-state index contributed by atoms with van der Waals surface area (Å²) in [5, 5.41) is 11.4. The number of anilines is 1. The van der Waals surface area contributed by atoms with Crippen LogP contribution in [0.5, 0.6) is 0 Å². The van der Waals surface area contributed by atoms with E-state index < -0.39 is 17.3 Å². The lowest BCUT2D eigenvalue weighted by Crippen LogP contribution is -2.28. The highest BCUT2D eigenvalue weighted by Gasteiger charge is 2.30. The Balaban J connectivity index is 1.88. The highest BCUT2D eigenvalue weighted by Crippen LogP contribution is 2.33. The van der Waals surface area contributed by atoms with E-state index in [0.717, 1.165) is 0 Å². The summed E-state index contributed by atoms with van der Waals surface area (Å²) in [6.45, 7) is 1.67. The van der Waals surface area contributed by atoms with E-state index in [1.54, 1.807) is 13.0 Å². The smallest absolute Gasteiger partial charge is 0.288 e. The van der Waals surface area contributed by atoms with E-state index in [1.165, 1.54) is 42.8 Å². The molecule has 0 radical (unpaired) electrons. The van der Waals surface area contributed by atoms with Crippen LogP contribution < -0.4 is 11.1 Å². The van der Waals surface area contributed by atoms with Crippen LogP contribution in [0.1, 0.15) is 28.5 Å². The van der Waals surface area contributed by atoms with Gasteiger partial charge in [-0.3, -0.25) is 4.79 Å². The predicted molar refractivity (Wildman–Crippen MR) is 92.5 cm³/mol. The first-order valence-corrected chi connectivity index (χ1v) is 7.58. The minimum absolute atomic E-state index is 0.0781. The number of pyridine rings is 1. The first kappa shape index (κ1) is 17.1. The normalized spacial score (nSPS) is 18.4. The fourth-order valence-electron chi connectivity index (χ4n) is 2.46. The van der Waals surface area contributed by atoms with Crippen molar-refractivity contribution in [2.45, 2.75) is 12.5 Å². The number of nitrogens with zero attached hydrogens (tertiary/aromatic N) is 3. The molecule has 130 valence electrons. The minimum atomic E-state index is -1.06. The van der Waals surface area contributed by atoms with E-state index in [4.69, 9.17) is 15.7 Å². The van der Waals surface area contributed by atoms with Crippen LogP contribution >= 0.6 is 0 Å². The fourth-order valence-corrected chi connectivity index (χ4v) is 2.46. The number of benzene rings is 1. The van der Waals surface area contributed by atoms with Gasteiger partial charge in [-0.2, -0.15) is 5.26 Å². The summed E-state index contributed by atoms with van der Waals surface area (Å²) in [5.41, 5.74) is 5.59. The SMILES string of the molecule is C[C@@]1(c2cc(NC(=O)c3ccc(C#N)cn3)ccc2F)C=COC(N)=N1. The summed E-state index contributed by atoms with van der Waals surface area (Å²) < 4.78 is 19.3. The van der Waals surface area contributed by atoms with Gasteiger partial charge >= 0.3 is 0 Å². The van der Waals surface area contributed by atoms with Crippen molar-refractivity contribution in [2.24, 2.45) is 10.7 Å². The van der Waals surface area contributed by atoms with Crippen LogP contribution in [0.15, 0.2) is 53.9 Å². The molecule has 0 unspecified atom stereocenters. The molecule has 1 aromatic carbocycles. The van der Waals surface area contributed by atoms with Crippen LogP contribution in [0, 0.1) is 17.1 Å². The van der Waals surface area contributed by atoms with Crippen molar-refractivity contribution >= 4 is 17.6 Å². The Morgan fingerprint density at radius 1 is 1.38 bits per heavy atom. The van der Waals surface area contributed by atoms with Gasteiger partial charge in [0.15, 0.2) is 0 Å². The number of nitrogens with two attached hydrogens (primary N) is 1. The number of nitrogens with one attached hydrogen (secondary N) is 1. The number of aliphatic imine (C=N–C) groups is 1. The third-order valence-electron chi connectivity index (χ3n) is 3.82. The van der Waals surface area contributed by atoms with Gasteiger partial charge in [0, 0.05) is 17.4 Å². The molecule has 0 spiro atoms. The van der Waals surface area contributed by atoms with Gasteiger partial charge in [-0.25, -0.2) is 14.4 Å². The van der Waals surface area contributed by atoms with Crippen LogP contribution in [0.25, 0.3) is 0 Å². The Labute approximate surface area is 148 Å². The number of amides is 1. The highest BCUT2D eigenvalue weighted by molar-refractivity contribution is 6.02. The molecule has 3 N–H and O–H groups in total. The van der Waals surface area contributed by atoms with E-state index in [9.17, 15) is 9.18 Å². The van der Waals surface area contributed by atoms with Crippen molar-refractivity contribution in [1.29, 1.82) is 5.26 Å². The summed E-state index contributed by atoms with van der Waals surface area (Å²) in [4.78, 5) is 20.3. The molecule has 1 atom stereocenters. The van der Waals surface area contributed by atoms with Gasteiger partial charge in [0.05, 0.1) is 11.8 Å². The summed E-state index contributed by atoms with van der Waals surface area (Å²) in [6.07, 6.45) is 4.21. The van der Waals surface area contributed by atoms with Crippen molar-refractivity contribution in [1.82, 2.24) is 4.98 Å². The lowest BCUT2D eigenvalue weighted by atomic mass is 9.91. The van der Waals surface area contributed by atoms with Crippen LogP contribution in [-0.2, 0) is 10.3 Å². The first-order valence-electron chi connectivity index (χ1n) is 7.58. The number of nitriles is 1. The summed E-state index contributed by atoms with van der Waals surface area (Å²) in [6, 6.07) is 8.91. The number of halogens is 1. The molecule has 0 fully saturated rings. The maximum absolute atomic E-state index is 14.3. The first-order chi connectivity index (χ1) is 12.4. The molecule has 3 rings (SSSR count). The molecule has 1 aliphatic heterocycles. The number of hydrogen-bond donors (Lipinski definition) is 2. The van der Waals surface area contributed by atoms with Crippen LogP contribution in [0.4, 0.5) is 10.1 Å². The number of aromatic nitrogens is 1. The standard InChI is InChI=1S/C18H14FN5O2/c1-18(6-7-26-17(21)24-18)13-8-12(3-4-14(13)19)23-16(25)15-5-2-11(9-20)10-22-15/h2-8,10H,1H3,(H2,21,24)(H,23,25)/t18-/m0/s1. The largest absolute Gasteiger partial charge is 0.434 e. The second-order valence-electron chi connectivity index (χ2n) is 5.71. The number of ether oxygens (including phenoxy) is 1. The average Bonchev–Trinajstić information content (AvgIpc) is 2.63. The van der Waals surface area contributed by atoms with Gasteiger partial charge < -0.3 is 15.8 Å². The quantitative estimate of drug-likeness (QED) is 0.881. The number of carbonyl (C=O) groups excluding carboxylic acids is 1. The average molecular weight is 351 g/mol. The van der Waals surface area contributed by atoms with Gasteiger partial charge in [0.1, 0.15) is 23.1 Å². The molecule has 0 saturated heterocycles. The number of amidine groups is 1. The Morgan fingerprint density at radius 2 is 2.19 bits per heavy atom. The van der Waals surface area contributed by atoms with Crippen LogP contribution in [0.3, 0.4) is 0 Å². The molecule has 2 aromatic rings. The zero-order valence-corrected chi connectivity index (χ0v) is 13.7. The zero-order valence-electron chi connectivity index (χ0n) is 13.7. The molecule has 7 nitrogen and oxygen atoms in total. The summed E-state index contributed by atoms with van der Waals surface area (Å²) >= 11 is 0. The Bertz CT molecular complexity index is 963. The minimum Gasteiger partial charge on any atom is -0.434 e. The van der Waals surface area contributed by atoms with Gasteiger partial charge in [0.2, 0.25) is 0 Å². The predicted octanol–water partition coefficient (Wildman–Crippen LogP) is 2.42. The number of rotatable bonds is 3. The van der Waals surface area contributed by atoms with E-state index in [1.807, 2.05) is 6.07 Å². The van der Waals surface area contributed by atoms with Crippen LogP contribution in [0.2, 0.25) is 0 Å². The van der Waals surface area contributed by atoms with Crippen molar-refractivity contribution in [2.75, 3.05) is 5.32 Å². The third-order valence-corrected chi connectivity index (χ3v) is 3.82. The van der Waals surface area contributed by atoms with E-state index in [2.05, 4.69) is 15.3 Å². The molecule has 0 saturated carbocycles. The maximum atomic E-state index is 14.3. The zero-order chi connectivity index (χ0) is 18.7. The molecule has 0 bridgehead atoms. The molecule has 8 heteroatoms. The monoisotopic (exact) mass is 351 g/mol. The molecule has 2 heterocycles. The Hall–Kier alpha value is -3.73. The van der Waals surface area contributed by atoms with E-state index >= 15 is 0 Å². The molecule has 1 aliphatic rings. The van der Waals surface area contributed by atoms with Gasteiger partial charge in [-0.1, -0.05) is 0 Å². The van der Waals surface area contributed by atoms with Crippen molar-refractivity contribution in [3.05, 3.63) is 71.5 Å². The fraction of sp³-hybridized carbons (Fsp3) is 0.111. The van der Waals surface area contributed by atoms with Gasteiger partial charge in [-0.15, -0.1) is 0 Å². The number of carbonyl (C=O) groups is 1. The summed E-state index contributed by atoms with van der Waals surface area (Å²) in [7, 11) is 0. The maximum Gasteiger partial charge on any atom is 0.288 e. The van der Waals surface area contributed by atoms with Gasteiger partial charge in [0.25, 0.3) is 11.9 Å². The van der Waals surface area contributed by atoms with E-state index in [-0.39, 0.29) is 17.3 Å². The second kappa shape index (κ2) is 6.64. The lowest BCUT2D eigenvalue weighted by Gasteiger charge is -2.25. The van der Waals surface area contributed by atoms with Gasteiger partial charge in [-0.05, 0) is 43.3 Å². The van der Waals surface area contributed by atoms with Crippen molar-refractivity contribution in [3.63, 3.8) is 0 Å². The molecule has 0 aliphatic carbocycles. The van der Waals surface area contributed by atoms with Crippen molar-refractivity contribution < 1.29 is 13.9 Å². The lowest BCUT2D eigenvalue weighted by molar-refractivity contribution is 0.102. The topological polar surface area (TPSA) is 113 Å². The Morgan fingerprint density at radius 3 is 2.85 bits per heavy atom. The van der Waals surface area contributed by atoms with E-state index in [0.29, 0.717) is 11.3 Å². The Kier molecular flexibility index (Phi) is 4.37. The molecular formula is C18H14FN5O2. The van der Waals surface area contributed by atoms with Crippen LogP contribution in [-0.4, -0.2) is 16.9 Å². The summed E-state index contributed by atoms with van der Waals surface area (Å²) in [5.74, 6) is -0.979.